The predicted octanol–water partition coefficient (Wildman–Crippen LogP) is 2.19. The average molecular weight is 316 g/mol. The molecule has 0 atom stereocenters. The van der Waals surface area contributed by atoms with Gasteiger partial charge in [0.15, 0.2) is 0 Å². The fraction of sp³-hybridized carbons (Fsp3) is 0.250. The topological polar surface area (TPSA) is 75.4 Å². The fourth-order valence-corrected chi connectivity index (χ4v) is 2.46. The lowest BCUT2D eigenvalue weighted by molar-refractivity contribution is 0.402. The van der Waals surface area contributed by atoms with E-state index in [1.807, 2.05) is 0 Å². The Labute approximate surface area is 122 Å². The highest BCUT2D eigenvalue weighted by Gasteiger charge is 2.21. The van der Waals surface area contributed by atoms with Gasteiger partial charge in [-0.25, -0.2) is 17.7 Å². The van der Waals surface area contributed by atoms with Crippen LogP contribution in [0.5, 0.6) is 0 Å². The molecule has 0 saturated carbocycles. The highest BCUT2D eigenvalue weighted by atomic mass is 35.5. The number of anilines is 1. The van der Waals surface area contributed by atoms with Crippen molar-refractivity contribution in [3.05, 3.63) is 41.4 Å². The van der Waals surface area contributed by atoms with E-state index in [1.54, 1.807) is 24.4 Å². The van der Waals surface area contributed by atoms with E-state index in [9.17, 15) is 8.42 Å². The molecule has 108 valence electrons. The van der Waals surface area contributed by atoms with Crippen LogP contribution in [0, 0.1) is 0 Å². The first-order valence-corrected chi connectivity index (χ1v) is 7.58. The van der Waals surface area contributed by atoms with Crippen molar-refractivity contribution in [2.75, 3.05) is 19.4 Å². The van der Waals surface area contributed by atoms with Crippen LogP contribution in [0.2, 0.25) is 5.15 Å². The summed E-state index contributed by atoms with van der Waals surface area (Å²) in [5.41, 5.74) is 0.776. The number of furan rings is 1. The number of rotatable bonds is 5. The third kappa shape index (κ3) is 3.30. The lowest BCUT2D eigenvalue weighted by Gasteiger charge is -2.08. The van der Waals surface area contributed by atoms with Crippen LogP contribution < -0.4 is 5.32 Å². The van der Waals surface area contributed by atoms with Crippen LogP contribution in [-0.4, -0.2) is 31.8 Å². The first-order chi connectivity index (χ1) is 9.39. The minimum absolute atomic E-state index is 0.0768. The van der Waals surface area contributed by atoms with Crippen LogP contribution >= 0.6 is 11.6 Å². The van der Waals surface area contributed by atoms with Gasteiger partial charge in [0.05, 0.1) is 6.54 Å². The zero-order chi connectivity index (χ0) is 14.8. The van der Waals surface area contributed by atoms with E-state index in [2.05, 4.69) is 10.3 Å². The van der Waals surface area contributed by atoms with Crippen molar-refractivity contribution in [3.8, 4) is 0 Å². The number of halogens is 1. The van der Waals surface area contributed by atoms with E-state index >= 15 is 0 Å². The molecule has 0 fully saturated rings. The summed E-state index contributed by atoms with van der Waals surface area (Å²) in [6, 6.07) is 6.48. The minimum Gasteiger partial charge on any atom is -0.446 e. The van der Waals surface area contributed by atoms with Crippen LogP contribution in [0.4, 0.5) is 5.69 Å². The molecule has 0 aliphatic carbocycles. The number of nitrogens with one attached hydrogen (secondary N) is 1. The standard InChI is InChI=1S/C12H14ClN3O3S/c1-16(2)20(17,18)12-4-3-10(19-12)8-15-9-5-6-14-11(13)7-9/h3-7H,8H2,1-2H3,(H,14,15). The molecule has 0 aliphatic heterocycles. The summed E-state index contributed by atoms with van der Waals surface area (Å²) in [5, 5.41) is 3.37. The largest absolute Gasteiger partial charge is 0.446 e. The first-order valence-electron chi connectivity index (χ1n) is 5.76. The Hall–Kier alpha value is -1.57. The Balaban J connectivity index is 2.07. The molecule has 0 radical (unpaired) electrons. The van der Waals surface area contributed by atoms with E-state index in [0.29, 0.717) is 17.5 Å². The maximum atomic E-state index is 11.9. The Kier molecular flexibility index (Phi) is 4.32. The van der Waals surface area contributed by atoms with E-state index in [1.165, 1.54) is 20.2 Å². The molecule has 0 bridgehead atoms. The molecule has 2 aromatic heterocycles. The van der Waals surface area contributed by atoms with E-state index in [4.69, 9.17) is 16.0 Å². The molecule has 20 heavy (non-hydrogen) atoms. The second-order valence-electron chi connectivity index (χ2n) is 4.23. The number of hydrogen-bond acceptors (Lipinski definition) is 5. The summed E-state index contributed by atoms with van der Waals surface area (Å²) >= 11 is 5.77. The van der Waals surface area contributed by atoms with Gasteiger partial charge >= 0.3 is 0 Å². The molecule has 2 aromatic rings. The van der Waals surface area contributed by atoms with Gasteiger partial charge in [0, 0.05) is 26.0 Å². The third-order valence-corrected chi connectivity index (χ3v) is 4.46. The second-order valence-corrected chi connectivity index (χ2v) is 6.70. The van der Waals surface area contributed by atoms with Gasteiger partial charge in [-0.2, -0.15) is 0 Å². The summed E-state index contributed by atoms with van der Waals surface area (Å²) in [6.45, 7) is 0.350. The molecule has 6 nitrogen and oxygen atoms in total. The first kappa shape index (κ1) is 14.8. The van der Waals surface area contributed by atoms with Crippen molar-refractivity contribution in [3.63, 3.8) is 0 Å². The van der Waals surface area contributed by atoms with Gasteiger partial charge < -0.3 is 9.73 Å². The number of nitrogens with zero attached hydrogens (tertiary/aromatic N) is 2. The normalized spacial score (nSPS) is 11.8. The molecule has 0 unspecified atom stereocenters. The molecule has 8 heteroatoms. The Morgan fingerprint density at radius 3 is 2.75 bits per heavy atom. The van der Waals surface area contributed by atoms with Crippen molar-refractivity contribution in [2.45, 2.75) is 11.6 Å². The average Bonchev–Trinajstić information content (AvgIpc) is 2.85. The summed E-state index contributed by atoms with van der Waals surface area (Å²) in [5.74, 6) is 0.512. The number of sulfonamides is 1. The molecule has 0 spiro atoms. The summed E-state index contributed by atoms with van der Waals surface area (Å²) in [6.07, 6.45) is 1.58. The fourth-order valence-electron chi connectivity index (χ4n) is 1.47. The van der Waals surface area contributed by atoms with Crippen molar-refractivity contribution >= 4 is 27.3 Å². The smallest absolute Gasteiger partial charge is 0.275 e. The number of pyridine rings is 1. The van der Waals surface area contributed by atoms with Crippen LogP contribution in [-0.2, 0) is 16.6 Å². The molecule has 0 aliphatic rings. The van der Waals surface area contributed by atoms with Gasteiger partial charge in [-0.05, 0) is 24.3 Å². The van der Waals surface area contributed by atoms with Gasteiger partial charge in [-0.3, -0.25) is 0 Å². The highest BCUT2D eigenvalue weighted by Crippen LogP contribution is 2.18. The van der Waals surface area contributed by atoms with Gasteiger partial charge in [-0.1, -0.05) is 11.6 Å². The van der Waals surface area contributed by atoms with Crippen molar-refractivity contribution in [1.29, 1.82) is 0 Å². The zero-order valence-corrected chi connectivity index (χ0v) is 12.6. The maximum Gasteiger partial charge on any atom is 0.275 e. The van der Waals surface area contributed by atoms with E-state index in [0.717, 1.165) is 9.99 Å². The number of hydrogen-bond donors (Lipinski definition) is 1. The van der Waals surface area contributed by atoms with Crippen LogP contribution in [0.1, 0.15) is 5.76 Å². The monoisotopic (exact) mass is 315 g/mol. The van der Waals surface area contributed by atoms with Gasteiger partial charge in [0.2, 0.25) is 5.09 Å². The SMILES string of the molecule is CN(C)S(=O)(=O)c1ccc(CNc2ccnc(Cl)c2)o1. The Bertz CT molecular complexity index is 697. The highest BCUT2D eigenvalue weighted by molar-refractivity contribution is 7.88. The molecule has 0 aromatic carbocycles. The molecule has 0 saturated heterocycles. The third-order valence-electron chi connectivity index (χ3n) is 2.57. The second kappa shape index (κ2) is 5.82. The Morgan fingerprint density at radius 2 is 2.10 bits per heavy atom. The van der Waals surface area contributed by atoms with Crippen molar-refractivity contribution in [2.24, 2.45) is 0 Å². The molecule has 2 heterocycles. The van der Waals surface area contributed by atoms with Gasteiger partial charge in [0.1, 0.15) is 10.9 Å². The molecule has 1 N–H and O–H groups in total. The van der Waals surface area contributed by atoms with Crippen molar-refractivity contribution < 1.29 is 12.8 Å². The molecular formula is C12H14ClN3O3S. The zero-order valence-electron chi connectivity index (χ0n) is 11.0. The summed E-state index contributed by atoms with van der Waals surface area (Å²) in [7, 11) is -0.632. The van der Waals surface area contributed by atoms with Crippen LogP contribution in [0.15, 0.2) is 40.0 Å². The van der Waals surface area contributed by atoms with E-state index < -0.39 is 10.0 Å². The lowest BCUT2D eigenvalue weighted by Crippen LogP contribution is -2.21. The van der Waals surface area contributed by atoms with Crippen LogP contribution in [0.3, 0.4) is 0 Å². The van der Waals surface area contributed by atoms with Gasteiger partial charge in [-0.15, -0.1) is 0 Å². The van der Waals surface area contributed by atoms with E-state index in [-0.39, 0.29) is 5.09 Å². The Morgan fingerprint density at radius 1 is 1.35 bits per heavy atom. The molecule has 2 rings (SSSR count). The maximum absolute atomic E-state index is 11.9. The molecule has 0 amide bonds. The summed E-state index contributed by atoms with van der Waals surface area (Å²) < 4.78 is 30.1. The molecular weight excluding hydrogens is 302 g/mol. The quantitative estimate of drug-likeness (QED) is 0.856. The minimum atomic E-state index is -3.54. The lowest BCUT2D eigenvalue weighted by atomic mass is 10.4. The van der Waals surface area contributed by atoms with Crippen LogP contribution in [0.25, 0.3) is 0 Å². The van der Waals surface area contributed by atoms with Crippen molar-refractivity contribution in [1.82, 2.24) is 9.29 Å². The predicted molar refractivity (Wildman–Crippen MR) is 76.2 cm³/mol. The van der Waals surface area contributed by atoms with Gasteiger partial charge in [0.25, 0.3) is 10.0 Å². The summed E-state index contributed by atoms with van der Waals surface area (Å²) in [4.78, 5) is 3.87. The number of aromatic nitrogens is 1.